The number of carboxylic acids is 1. The fourth-order valence-electron chi connectivity index (χ4n) is 1.33. The van der Waals surface area contributed by atoms with Crippen molar-refractivity contribution in [3.8, 4) is 0 Å². The Bertz CT molecular complexity index is 595. The zero-order chi connectivity index (χ0) is 14.8. The topological polar surface area (TPSA) is 84.3 Å². The Morgan fingerprint density at radius 2 is 2.00 bits per heavy atom. The summed E-state index contributed by atoms with van der Waals surface area (Å²) < 4.78 is 60.9. The van der Waals surface area contributed by atoms with Gasteiger partial charge in [-0.1, -0.05) is 6.92 Å². The lowest BCUT2D eigenvalue weighted by molar-refractivity contribution is -0.138. The fraction of sp³-hybridized carbons (Fsp3) is 0.400. The normalized spacial score (nSPS) is 12.4. The zero-order valence-corrected chi connectivity index (χ0v) is 10.5. The zero-order valence-electron chi connectivity index (χ0n) is 9.73. The maximum absolute atomic E-state index is 12.5. The highest BCUT2D eigenvalue weighted by atomic mass is 32.2. The lowest BCUT2D eigenvalue weighted by Gasteiger charge is -2.11. The van der Waals surface area contributed by atoms with Crippen LogP contribution in [0.2, 0.25) is 0 Å². The van der Waals surface area contributed by atoms with Crippen LogP contribution in [0.15, 0.2) is 17.2 Å². The number of hydrogen-bond acceptors (Lipinski definition) is 4. The minimum Gasteiger partial charge on any atom is -0.481 e. The quantitative estimate of drug-likeness (QED) is 0.911. The van der Waals surface area contributed by atoms with Crippen LogP contribution in [0, 0.1) is 0 Å². The van der Waals surface area contributed by atoms with Crippen molar-refractivity contribution in [2.24, 2.45) is 0 Å². The summed E-state index contributed by atoms with van der Waals surface area (Å²) >= 11 is 0. The average Bonchev–Trinajstić information content (AvgIpc) is 2.27. The lowest BCUT2D eigenvalue weighted by atomic mass is 10.2. The summed E-state index contributed by atoms with van der Waals surface area (Å²) in [7, 11) is -3.98. The molecule has 0 bridgehead atoms. The van der Waals surface area contributed by atoms with E-state index in [2.05, 4.69) is 4.98 Å². The molecule has 0 aromatic carbocycles. The van der Waals surface area contributed by atoms with Gasteiger partial charge in [-0.3, -0.25) is 9.78 Å². The smallest absolute Gasteiger partial charge is 0.417 e. The third-order valence-corrected chi connectivity index (χ3v) is 4.08. The lowest BCUT2D eigenvalue weighted by Crippen LogP contribution is -2.15. The number of rotatable bonds is 4. The molecule has 0 atom stereocenters. The number of hydrogen-bond donors (Lipinski definition) is 1. The molecule has 0 saturated carbocycles. The first-order valence-corrected chi connectivity index (χ1v) is 6.74. The number of aliphatic carboxylic acids is 1. The molecule has 0 aliphatic heterocycles. The standard InChI is InChI=1S/C10H10F3NO4S/c1-2-19(17,18)8-3-6(10(11,12)13)5-14-7(8)4-9(15)16/h3,5H,2,4H2,1H3,(H,15,16). The van der Waals surface area contributed by atoms with Crippen LogP contribution < -0.4 is 0 Å². The number of carbonyl (C=O) groups is 1. The second-order valence-electron chi connectivity index (χ2n) is 3.64. The highest BCUT2D eigenvalue weighted by Gasteiger charge is 2.33. The van der Waals surface area contributed by atoms with E-state index in [1.54, 1.807) is 0 Å². The fourth-order valence-corrected chi connectivity index (χ4v) is 2.43. The van der Waals surface area contributed by atoms with Crippen LogP contribution in [-0.4, -0.2) is 30.2 Å². The number of carboxylic acid groups (broad SMARTS) is 1. The van der Waals surface area contributed by atoms with Crippen LogP contribution in [0.25, 0.3) is 0 Å². The molecule has 1 rings (SSSR count). The van der Waals surface area contributed by atoms with Crippen molar-refractivity contribution in [2.75, 3.05) is 5.75 Å². The second-order valence-corrected chi connectivity index (χ2v) is 5.89. The maximum Gasteiger partial charge on any atom is 0.417 e. The summed E-state index contributed by atoms with van der Waals surface area (Å²) in [6.07, 6.45) is -5.08. The number of alkyl halides is 3. The van der Waals surface area contributed by atoms with Crippen molar-refractivity contribution in [1.82, 2.24) is 4.98 Å². The Labute approximate surface area is 107 Å². The van der Waals surface area contributed by atoms with Gasteiger partial charge in [0.25, 0.3) is 0 Å². The van der Waals surface area contributed by atoms with Crippen LogP contribution in [0.5, 0.6) is 0 Å². The molecule has 1 aromatic rings. The molecule has 0 saturated heterocycles. The molecule has 19 heavy (non-hydrogen) atoms. The number of sulfone groups is 1. The van der Waals surface area contributed by atoms with E-state index >= 15 is 0 Å². The van der Waals surface area contributed by atoms with Crippen LogP contribution in [-0.2, 0) is 27.2 Å². The van der Waals surface area contributed by atoms with E-state index < -0.39 is 50.3 Å². The average molecular weight is 297 g/mol. The van der Waals surface area contributed by atoms with Crippen molar-refractivity contribution in [3.05, 3.63) is 23.5 Å². The molecule has 0 aliphatic carbocycles. The van der Waals surface area contributed by atoms with Gasteiger partial charge in [0.05, 0.1) is 28.3 Å². The molecule has 0 unspecified atom stereocenters. The summed E-state index contributed by atoms with van der Waals surface area (Å²) in [5, 5.41) is 8.60. The van der Waals surface area contributed by atoms with Crippen LogP contribution >= 0.6 is 0 Å². The maximum atomic E-state index is 12.5. The molecule has 0 spiro atoms. The molecule has 9 heteroatoms. The van der Waals surface area contributed by atoms with Gasteiger partial charge in [0.1, 0.15) is 0 Å². The molecule has 0 amide bonds. The van der Waals surface area contributed by atoms with Crippen LogP contribution in [0.3, 0.4) is 0 Å². The van der Waals surface area contributed by atoms with Crippen LogP contribution in [0.1, 0.15) is 18.2 Å². The van der Waals surface area contributed by atoms with Gasteiger partial charge in [0.15, 0.2) is 9.84 Å². The first kappa shape index (κ1) is 15.4. The molecular weight excluding hydrogens is 287 g/mol. The van der Waals surface area contributed by atoms with Crippen LogP contribution in [0.4, 0.5) is 13.2 Å². The largest absolute Gasteiger partial charge is 0.481 e. The molecule has 5 nitrogen and oxygen atoms in total. The number of aromatic nitrogens is 1. The molecular formula is C10H10F3NO4S. The molecule has 1 aromatic heterocycles. The van der Waals surface area contributed by atoms with Gasteiger partial charge >= 0.3 is 12.1 Å². The predicted molar refractivity (Wildman–Crippen MR) is 58.3 cm³/mol. The predicted octanol–water partition coefficient (Wildman–Crippen LogP) is 1.52. The molecule has 1 heterocycles. The Hall–Kier alpha value is -1.64. The van der Waals surface area contributed by atoms with E-state index in [0.29, 0.717) is 12.3 Å². The molecule has 1 N–H and O–H groups in total. The molecule has 0 fully saturated rings. The van der Waals surface area contributed by atoms with E-state index in [1.807, 2.05) is 0 Å². The molecule has 0 radical (unpaired) electrons. The van der Waals surface area contributed by atoms with Gasteiger partial charge in [-0.25, -0.2) is 8.42 Å². The van der Waals surface area contributed by atoms with Gasteiger partial charge in [0, 0.05) is 6.20 Å². The van der Waals surface area contributed by atoms with Gasteiger partial charge < -0.3 is 5.11 Å². The molecule has 0 aliphatic rings. The van der Waals surface area contributed by atoms with Crippen molar-refractivity contribution < 1.29 is 31.5 Å². The highest BCUT2D eigenvalue weighted by Crippen LogP contribution is 2.31. The Balaban J connectivity index is 3.48. The third-order valence-electron chi connectivity index (χ3n) is 2.29. The second kappa shape index (κ2) is 5.16. The minimum absolute atomic E-state index is 0.401. The van der Waals surface area contributed by atoms with Crippen molar-refractivity contribution in [3.63, 3.8) is 0 Å². The van der Waals surface area contributed by atoms with E-state index in [0.717, 1.165) is 0 Å². The number of pyridine rings is 1. The van der Waals surface area contributed by atoms with Gasteiger partial charge in [0.2, 0.25) is 0 Å². The summed E-state index contributed by atoms with van der Waals surface area (Å²) in [4.78, 5) is 13.2. The van der Waals surface area contributed by atoms with E-state index in [-0.39, 0.29) is 0 Å². The number of halogens is 3. The first-order valence-electron chi connectivity index (χ1n) is 5.08. The summed E-state index contributed by atoms with van der Waals surface area (Å²) in [6.45, 7) is 1.25. The Morgan fingerprint density at radius 1 is 1.42 bits per heavy atom. The molecule has 106 valence electrons. The van der Waals surface area contributed by atoms with Gasteiger partial charge in [-0.2, -0.15) is 13.2 Å². The third kappa shape index (κ3) is 3.66. The van der Waals surface area contributed by atoms with E-state index in [4.69, 9.17) is 5.11 Å². The monoisotopic (exact) mass is 297 g/mol. The Kier molecular flexibility index (Phi) is 4.18. The first-order chi connectivity index (χ1) is 8.58. The highest BCUT2D eigenvalue weighted by molar-refractivity contribution is 7.91. The van der Waals surface area contributed by atoms with Crippen molar-refractivity contribution in [1.29, 1.82) is 0 Å². The summed E-state index contributed by atoms with van der Waals surface area (Å²) in [6, 6.07) is 0.421. The SMILES string of the molecule is CCS(=O)(=O)c1cc(C(F)(F)F)cnc1CC(=O)O. The Morgan fingerprint density at radius 3 is 2.42 bits per heavy atom. The van der Waals surface area contributed by atoms with Gasteiger partial charge in [-0.15, -0.1) is 0 Å². The number of nitrogens with zero attached hydrogens (tertiary/aromatic N) is 1. The summed E-state index contributed by atoms with van der Waals surface area (Å²) in [5.41, 5.74) is -1.63. The van der Waals surface area contributed by atoms with Crippen molar-refractivity contribution >= 4 is 15.8 Å². The summed E-state index contributed by atoms with van der Waals surface area (Å²) in [5.74, 6) is -1.82. The van der Waals surface area contributed by atoms with Crippen molar-refractivity contribution in [2.45, 2.75) is 24.4 Å². The minimum atomic E-state index is -4.74. The van der Waals surface area contributed by atoms with Gasteiger partial charge in [-0.05, 0) is 6.07 Å². The van der Waals surface area contributed by atoms with E-state index in [9.17, 15) is 26.4 Å². The van der Waals surface area contributed by atoms with E-state index in [1.165, 1.54) is 6.92 Å².